The molecule has 1 radical (unpaired) electrons. The number of rotatable bonds is 8. The topological polar surface area (TPSA) is 30.7 Å². The van der Waals surface area contributed by atoms with E-state index < -0.39 is 13.3 Å². The van der Waals surface area contributed by atoms with Gasteiger partial charge in [0.2, 0.25) is 0 Å². The monoisotopic (exact) mass is 1100 g/mol. The first-order valence-electron chi connectivity index (χ1n) is 22.4. The van der Waals surface area contributed by atoms with Gasteiger partial charge in [-0.1, -0.05) is 105 Å². The number of hydrogen-bond donors (Lipinski definition) is 0. The van der Waals surface area contributed by atoms with E-state index in [1.54, 1.807) is 23.5 Å². The number of nitrogens with zero attached hydrogens (tertiary/aromatic N) is 3. The van der Waals surface area contributed by atoms with Gasteiger partial charge in [0.1, 0.15) is 5.82 Å². The van der Waals surface area contributed by atoms with Crippen LogP contribution in [0.25, 0.3) is 81.4 Å². The molecule has 323 valence electrons. The maximum Gasteiger partial charge on any atom is 0 e. The fourth-order valence-electron chi connectivity index (χ4n) is 8.76. The minimum atomic E-state index is -1.97. The molecule has 7 aromatic carbocycles. The van der Waals surface area contributed by atoms with Gasteiger partial charge in [0, 0.05) is 35.9 Å². The molecule has 1 unspecified atom stereocenters. The second-order valence-corrected chi connectivity index (χ2v) is 29.5. The smallest absolute Gasteiger partial charge is 0 e. The summed E-state index contributed by atoms with van der Waals surface area (Å²) in [4.78, 5) is 9.98. The predicted molar refractivity (Wildman–Crippen MR) is 270 cm³/mol. The molecule has 64 heavy (non-hydrogen) atoms. The maximum absolute atomic E-state index is 14.3. The zero-order valence-corrected chi connectivity index (χ0v) is 42.9. The number of thiophene rings is 1. The third kappa shape index (κ3) is 8.66. The number of fused-ring (bicyclic) bond motifs is 6. The molecule has 0 bridgehead atoms. The van der Waals surface area contributed by atoms with Gasteiger partial charge in [-0.15, -0.1) is 18.2 Å². The molecule has 0 aliphatic carbocycles. The quantitative estimate of drug-likeness (QED) is 0.112. The van der Waals surface area contributed by atoms with E-state index in [0.717, 1.165) is 64.8 Å². The summed E-state index contributed by atoms with van der Waals surface area (Å²) in [6.45, 7) is 11.1. The molecule has 0 saturated carbocycles. The number of pyridine rings is 1. The molecule has 0 fully saturated rings. The van der Waals surface area contributed by atoms with Crippen molar-refractivity contribution in [1.82, 2.24) is 14.5 Å². The molecule has 0 aliphatic rings. The van der Waals surface area contributed by atoms with E-state index in [1.807, 2.05) is 49.5 Å². The summed E-state index contributed by atoms with van der Waals surface area (Å²) in [5.41, 5.74) is 12.2. The molecular formula is C57H52FGeIrN3S-2. The Morgan fingerprint density at radius 2 is 1.45 bits per heavy atom. The van der Waals surface area contributed by atoms with Crippen LogP contribution in [0.5, 0.6) is 0 Å². The van der Waals surface area contributed by atoms with Crippen LogP contribution >= 0.6 is 11.3 Å². The molecular weight excluding hydrogens is 1040 g/mol. The third-order valence-electron chi connectivity index (χ3n) is 11.9. The molecule has 1 atom stereocenters. The van der Waals surface area contributed by atoms with Gasteiger partial charge in [0.15, 0.2) is 0 Å². The van der Waals surface area contributed by atoms with Gasteiger partial charge < -0.3 is 4.57 Å². The van der Waals surface area contributed by atoms with Crippen molar-refractivity contribution in [3.63, 3.8) is 0 Å². The molecule has 0 saturated heterocycles. The molecule has 0 N–H and O–H groups in total. The van der Waals surface area contributed by atoms with Gasteiger partial charge in [-0.3, -0.25) is 4.98 Å². The van der Waals surface area contributed by atoms with E-state index in [-0.39, 0.29) is 44.2 Å². The second kappa shape index (κ2) is 18.7. The number of halogens is 1. The van der Waals surface area contributed by atoms with Crippen molar-refractivity contribution in [2.24, 2.45) is 0 Å². The first-order chi connectivity index (χ1) is 30.8. The normalized spacial score (nSPS) is 12.5. The van der Waals surface area contributed by atoms with Crippen molar-refractivity contribution in [2.45, 2.75) is 70.1 Å². The average molecular weight is 1100 g/mol. The number of aryl methyl sites for hydroxylation is 1. The summed E-state index contributed by atoms with van der Waals surface area (Å²) in [6, 6.07) is 54.1. The van der Waals surface area contributed by atoms with Crippen LogP contribution < -0.4 is 4.40 Å². The summed E-state index contributed by atoms with van der Waals surface area (Å²) < 4.78 is 28.2. The van der Waals surface area contributed by atoms with Crippen LogP contribution in [0, 0.1) is 17.9 Å². The SMILES string of the molecule is CC(C)c1cc(-c2ccccc2)cc(C(C)C)c1-n1c(-c2[c-]ccc3c2sc2cc(F)ccc23)nc2ccc3ccccc3c21.[2H]C(C)c1cc(-c2[c-]cccc2)nc[c]1[Ge]([CH3])([CH3])[CH3].[Ir]. The Morgan fingerprint density at radius 3 is 2.14 bits per heavy atom. The van der Waals surface area contributed by atoms with Crippen molar-refractivity contribution < 1.29 is 25.9 Å². The van der Waals surface area contributed by atoms with Gasteiger partial charge >= 0.3 is 114 Å². The molecule has 10 aromatic rings. The Morgan fingerprint density at radius 1 is 0.734 bits per heavy atom. The van der Waals surface area contributed by atoms with Crippen LogP contribution in [0.15, 0.2) is 146 Å². The maximum atomic E-state index is 14.3. The number of benzene rings is 7. The van der Waals surface area contributed by atoms with Crippen molar-refractivity contribution in [3.8, 4) is 39.5 Å². The van der Waals surface area contributed by atoms with Crippen molar-refractivity contribution >= 4 is 71.0 Å². The van der Waals surface area contributed by atoms with Gasteiger partial charge in [-0.2, -0.15) is 11.3 Å². The van der Waals surface area contributed by atoms with Crippen LogP contribution in [0.4, 0.5) is 4.39 Å². The average Bonchev–Trinajstić information content (AvgIpc) is 3.87. The Bertz CT molecular complexity index is 3290. The zero-order chi connectivity index (χ0) is 44.9. The van der Waals surface area contributed by atoms with Gasteiger partial charge in [0.25, 0.3) is 0 Å². The van der Waals surface area contributed by atoms with Crippen molar-refractivity contribution in [3.05, 3.63) is 180 Å². The fourth-order valence-corrected chi connectivity index (χ4v) is 13.2. The summed E-state index contributed by atoms with van der Waals surface area (Å²) in [7, 11) is 0. The molecule has 0 amide bonds. The Balaban J connectivity index is 0.000000243. The molecule has 7 heteroatoms. The first-order valence-corrected chi connectivity index (χ1v) is 30.0. The molecule has 3 nitrogen and oxygen atoms in total. The third-order valence-corrected chi connectivity index (χ3v) is 17.4. The van der Waals surface area contributed by atoms with Crippen LogP contribution in [-0.2, 0) is 26.5 Å². The van der Waals surface area contributed by atoms with E-state index in [2.05, 4.69) is 158 Å². The molecule has 0 aliphatic heterocycles. The van der Waals surface area contributed by atoms with Crippen LogP contribution in [0.2, 0.25) is 17.3 Å². The molecule has 0 spiro atoms. The van der Waals surface area contributed by atoms with Crippen LogP contribution in [-0.4, -0.2) is 27.8 Å². The van der Waals surface area contributed by atoms with E-state index in [1.165, 1.54) is 37.7 Å². The minimum absolute atomic E-state index is 0. The molecule has 3 heterocycles. The largest absolute Gasteiger partial charge is 0 e. The fraction of sp³-hybridized carbons (Fsp3) is 0.193. The van der Waals surface area contributed by atoms with Crippen molar-refractivity contribution in [2.75, 3.05) is 0 Å². The summed E-state index contributed by atoms with van der Waals surface area (Å²) in [6.07, 6.45) is 1.79. The first kappa shape index (κ1) is 44.0. The molecule has 3 aromatic heterocycles. The number of aromatic nitrogens is 3. The number of imidazole rings is 1. The Hall–Kier alpha value is -5.24. The van der Waals surface area contributed by atoms with E-state index >= 15 is 0 Å². The predicted octanol–water partition coefficient (Wildman–Crippen LogP) is 15.7. The van der Waals surface area contributed by atoms with E-state index in [0.29, 0.717) is 0 Å². The second-order valence-electron chi connectivity index (χ2n) is 17.9. The van der Waals surface area contributed by atoms with Crippen LogP contribution in [0.1, 0.15) is 64.5 Å². The summed E-state index contributed by atoms with van der Waals surface area (Å²) >= 11 is -0.360. The zero-order valence-electron chi connectivity index (χ0n) is 38.5. The Kier molecular flexibility index (Phi) is 12.9. The van der Waals surface area contributed by atoms with E-state index in [4.69, 9.17) is 6.35 Å². The van der Waals surface area contributed by atoms with Gasteiger partial charge in [0.05, 0.1) is 16.9 Å². The van der Waals surface area contributed by atoms with Crippen molar-refractivity contribution in [1.29, 1.82) is 0 Å². The van der Waals surface area contributed by atoms with Gasteiger partial charge in [-0.05, 0) is 79.9 Å². The summed E-state index contributed by atoms with van der Waals surface area (Å²) in [5, 5.41) is 4.49. The summed E-state index contributed by atoms with van der Waals surface area (Å²) in [5.74, 6) is 8.18. The van der Waals surface area contributed by atoms with Crippen LogP contribution in [0.3, 0.4) is 0 Å². The van der Waals surface area contributed by atoms with E-state index in [9.17, 15) is 4.39 Å². The Labute approximate surface area is 398 Å². The molecule has 10 rings (SSSR count). The van der Waals surface area contributed by atoms with Gasteiger partial charge in [-0.25, -0.2) is 4.39 Å². The number of hydrogen-bond acceptors (Lipinski definition) is 3. The standard InChI is InChI=1S/C41H32FN2S.C16H20GeN.Ir/c1-24(2)34-21-28(26-11-6-5-7-12-26)22-35(25(3)4)38(34)44-39-30-14-9-8-13-27(30)17-20-36(39)43-41(44)33-16-10-15-32-31-19-18-29(42)23-37(31)45-40(32)33;1-5-13-11-16(14-9-7-6-8-10-14)18-12-15(13)17(2,3)4;/h5-15,17-25H,1-4H3;6-9,11-12H,5H2,1-4H3;/q2*-1;/i;5D;. The minimum Gasteiger partial charge on any atom is 0 e.